The van der Waals surface area contributed by atoms with Crippen molar-refractivity contribution in [3.63, 3.8) is 0 Å². The summed E-state index contributed by atoms with van der Waals surface area (Å²) in [6, 6.07) is 9.96. The van der Waals surface area contributed by atoms with Crippen LogP contribution >= 0.6 is 11.6 Å². The molecule has 102 valence electrons. The van der Waals surface area contributed by atoms with Crippen molar-refractivity contribution in [3.05, 3.63) is 64.4 Å². The number of ketones is 1. The van der Waals surface area contributed by atoms with Crippen molar-refractivity contribution >= 4 is 23.4 Å². The van der Waals surface area contributed by atoms with Crippen LogP contribution in [0.15, 0.2) is 42.6 Å². The highest BCUT2D eigenvalue weighted by Gasteiger charge is 2.10. The molecule has 20 heavy (non-hydrogen) atoms. The fourth-order valence-corrected chi connectivity index (χ4v) is 1.78. The minimum Gasteiger partial charge on any atom is -0.456 e. The monoisotopic (exact) mass is 289 g/mol. The maximum Gasteiger partial charge on any atom is 0.357 e. The smallest absolute Gasteiger partial charge is 0.357 e. The SMILES string of the molecule is CC(=O)c1cccc(COC(=O)c2cc(Cl)ccn2)c1. The zero-order valence-electron chi connectivity index (χ0n) is 10.8. The fourth-order valence-electron chi connectivity index (χ4n) is 1.62. The Morgan fingerprint density at radius 1 is 1.25 bits per heavy atom. The summed E-state index contributed by atoms with van der Waals surface area (Å²) in [6.07, 6.45) is 1.44. The molecule has 0 unspecified atom stereocenters. The quantitative estimate of drug-likeness (QED) is 0.640. The summed E-state index contributed by atoms with van der Waals surface area (Å²) < 4.78 is 5.13. The van der Waals surface area contributed by atoms with Crippen LogP contribution in [0, 0.1) is 0 Å². The van der Waals surface area contributed by atoms with Crippen LogP contribution in [-0.4, -0.2) is 16.7 Å². The summed E-state index contributed by atoms with van der Waals surface area (Å²) in [5.41, 5.74) is 1.48. The van der Waals surface area contributed by atoms with Crippen LogP contribution in [0.5, 0.6) is 0 Å². The number of ether oxygens (including phenoxy) is 1. The number of nitrogens with zero attached hydrogens (tertiary/aromatic N) is 1. The van der Waals surface area contributed by atoms with Gasteiger partial charge in [0.05, 0.1) is 0 Å². The van der Waals surface area contributed by atoms with Crippen molar-refractivity contribution in [2.75, 3.05) is 0 Å². The normalized spacial score (nSPS) is 10.1. The minimum atomic E-state index is -0.555. The first-order chi connectivity index (χ1) is 9.56. The molecular formula is C15H12ClNO3. The second kappa shape index (κ2) is 6.30. The standard InChI is InChI=1S/C15H12ClNO3/c1-10(18)12-4-2-3-11(7-12)9-20-15(19)14-8-13(16)5-6-17-14/h2-8H,9H2,1H3. The van der Waals surface area contributed by atoms with Gasteiger partial charge >= 0.3 is 5.97 Å². The first-order valence-corrected chi connectivity index (χ1v) is 6.32. The molecule has 0 aliphatic heterocycles. The summed E-state index contributed by atoms with van der Waals surface area (Å²) in [5, 5.41) is 0.422. The van der Waals surface area contributed by atoms with E-state index in [1.54, 1.807) is 30.3 Å². The van der Waals surface area contributed by atoms with Gasteiger partial charge in [-0.05, 0) is 30.7 Å². The van der Waals surface area contributed by atoms with Crippen molar-refractivity contribution in [1.29, 1.82) is 0 Å². The molecule has 0 atom stereocenters. The Morgan fingerprint density at radius 3 is 2.75 bits per heavy atom. The molecule has 0 aliphatic carbocycles. The van der Waals surface area contributed by atoms with Crippen LogP contribution in [-0.2, 0) is 11.3 Å². The van der Waals surface area contributed by atoms with E-state index in [2.05, 4.69) is 4.98 Å². The van der Waals surface area contributed by atoms with E-state index in [1.165, 1.54) is 19.2 Å². The summed E-state index contributed by atoms with van der Waals surface area (Å²) in [5.74, 6) is -0.588. The van der Waals surface area contributed by atoms with Gasteiger partial charge in [0.25, 0.3) is 0 Å². The molecule has 2 rings (SSSR count). The highest BCUT2D eigenvalue weighted by Crippen LogP contribution is 2.11. The lowest BCUT2D eigenvalue weighted by atomic mass is 10.1. The maximum atomic E-state index is 11.8. The Hall–Kier alpha value is -2.20. The second-order valence-electron chi connectivity index (χ2n) is 4.19. The number of esters is 1. The van der Waals surface area contributed by atoms with E-state index in [0.29, 0.717) is 10.6 Å². The van der Waals surface area contributed by atoms with E-state index in [4.69, 9.17) is 16.3 Å². The lowest BCUT2D eigenvalue weighted by molar-refractivity contribution is 0.0465. The van der Waals surface area contributed by atoms with Gasteiger partial charge in [-0.3, -0.25) is 4.79 Å². The molecule has 0 amide bonds. The van der Waals surface area contributed by atoms with Gasteiger partial charge in [0, 0.05) is 16.8 Å². The van der Waals surface area contributed by atoms with Crippen molar-refractivity contribution in [3.8, 4) is 0 Å². The number of pyridine rings is 1. The molecule has 0 aliphatic rings. The van der Waals surface area contributed by atoms with Crippen LogP contribution < -0.4 is 0 Å². The number of carbonyl (C=O) groups excluding carboxylic acids is 2. The summed E-state index contributed by atoms with van der Waals surface area (Å²) in [4.78, 5) is 26.9. The van der Waals surface area contributed by atoms with Crippen LogP contribution in [0.2, 0.25) is 5.02 Å². The van der Waals surface area contributed by atoms with Gasteiger partial charge in [-0.15, -0.1) is 0 Å². The van der Waals surface area contributed by atoms with E-state index >= 15 is 0 Å². The number of carbonyl (C=O) groups is 2. The number of aromatic nitrogens is 1. The topological polar surface area (TPSA) is 56.3 Å². The van der Waals surface area contributed by atoms with Crippen molar-refractivity contribution < 1.29 is 14.3 Å². The Balaban J connectivity index is 2.03. The van der Waals surface area contributed by atoms with Gasteiger partial charge in [-0.2, -0.15) is 0 Å². The number of hydrogen-bond donors (Lipinski definition) is 0. The molecule has 0 saturated carbocycles. The molecule has 4 nitrogen and oxygen atoms in total. The largest absolute Gasteiger partial charge is 0.456 e. The predicted molar refractivity (Wildman–Crippen MR) is 74.8 cm³/mol. The Kier molecular flexibility index (Phi) is 4.48. The number of hydrogen-bond acceptors (Lipinski definition) is 4. The highest BCUT2D eigenvalue weighted by atomic mass is 35.5. The lowest BCUT2D eigenvalue weighted by Gasteiger charge is -2.05. The van der Waals surface area contributed by atoms with Gasteiger partial charge in [0.1, 0.15) is 12.3 Å². The van der Waals surface area contributed by atoms with E-state index in [0.717, 1.165) is 5.56 Å². The maximum absolute atomic E-state index is 11.8. The van der Waals surface area contributed by atoms with E-state index in [1.807, 2.05) is 0 Å². The molecule has 5 heteroatoms. The average Bonchev–Trinajstić information content (AvgIpc) is 2.45. The Morgan fingerprint density at radius 2 is 2.05 bits per heavy atom. The van der Waals surface area contributed by atoms with Gasteiger partial charge in [-0.25, -0.2) is 9.78 Å². The molecule has 0 fully saturated rings. The second-order valence-corrected chi connectivity index (χ2v) is 4.63. The average molecular weight is 290 g/mol. The molecule has 0 N–H and O–H groups in total. The summed E-state index contributed by atoms with van der Waals surface area (Å²) in [7, 11) is 0. The van der Waals surface area contributed by atoms with Gasteiger partial charge < -0.3 is 4.74 Å². The van der Waals surface area contributed by atoms with Crippen LogP contribution in [0.3, 0.4) is 0 Å². The number of benzene rings is 1. The van der Waals surface area contributed by atoms with Crippen LogP contribution in [0.25, 0.3) is 0 Å². The lowest BCUT2D eigenvalue weighted by Crippen LogP contribution is -2.07. The summed E-state index contributed by atoms with van der Waals surface area (Å²) >= 11 is 5.78. The van der Waals surface area contributed by atoms with Crippen molar-refractivity contribution in [2.45, 2.75) is 13.5 Å². The fraction of sp³-hybridized carbons (Fsp3) is 0.133. The molecule has 1 aromatic heterocycles. The van der Waals surface area contributed by atoms with Crippen molar-refractivity contribution in [2.24, 2.45) is 0 Å². The third-order valence-corrected chi connectivity index (χ3v) is 2.87. The highest BCUT2D eigenvalue weighted by molar-refractivity contribution is 6.30. The van der Waals surface area contributed by atoms with E-state index in [9.17, 15) is 9.59 Å². The van der Waals surface area contributed by atoms with E-state index < -0.39 is 5.97 Å². The van der Waals surface area contributed by atoms with Gasteiger partial charge in [-0.1, -0.05) is 29.8 Å². The first-order valence-electron chi connectivity index (χ1n) is 5.95. The minimum absolute atomic E-state index is 0.0327. The third-order valence-electron chi connectivity index (χ3n) is 2.63. The zero-order valence-corrected chi connectivity index (χ0v) is 11.6. The molecule has 0 spiro atoms. The zero-order chi connectivity index (χ0) is 14.5. The number of rotatable bonds is 4. The summed E-state index contributed by atoms with van der Waals surface area (Å²) in [6.45, 7) is 1.56. The van der Waals surface area contributed by atoms with Crippen LogP contribution in [0.1, 0.15) is 33.3 Å². The predicted octanol–water partition coefficient (Wildman–Crippen LogP) is 3.29. The van der Waals surface area contributed by atoms with E-state index in [-0.39, 0.29) is 18.1 Å². The number of halogens is 1. The molecule has 0 saturated heterocycles. The van der Waals surface area contributed by atoms with Crippen LogP contribution in [0.4, 0.5) is 0 Å². The van der Waals surface area contributed by atoms with Gasteiger partial charge in [0.15, 0.2) is 5.78 Å². The van der Waals surface area contributed by atoms with Crippen molar-refractivity contribution in [1.82, 2.24) is 4.98 Å². The number of Topliss-reactive ketones (excluding diaryl/α,β-unsaturated/α-hetero) is 1. The molecule has 2 aromatic rings. The third kappa shape index (κ3) is 3.65. The molecule has 1 aromatic carbocycles. The van der Waals surface area contributed by atoms with Gasteiger partial charge in [0.2, 0.25) is 0 Å². The molecule has 1 heterocycles. The molecule has 0 bridgehead atoms. The Bertz CT molecular complexity index is 655. The Labute approximate surface area is 121 Å². The first kappa shape index (κ1) is 14.2. The molecular weight excluding hydrogens is 278 g/mol. The molecule has 0 radical (unpaired) electrons.